The fourth-order valence-electron chi connectivity index (χ4n) is 3.36. The highest BCUT2D eigenvalue weighted by molar-refractivity contribution is 7.89. The third kappa shape index (κ3) is 6.87. The summed E-state index contributed by atoms with van der Waals surface area (Å²) >= 11 is 0. The van der Waals surface area contributed by atoms with E-state index in [1.54, 1.807) is 31.3 Å². The van der Waals surface area contributed by atoms with Crippen molar-refractivity contribution < 1.29 is 27.1 Å². The number of ether oxygens (including phenoxy) is 1. The number of likely N-dealkylation sites (N-methyl/N-ethyl adjacent to an activating group) is 1. The van der Waals surface area contributed by atoms with E-state index in [2.05, 4.69) is 10.0 Å². The van der Waals surface area contributed by atoms with Crippen LogP contribution in [0.3, 0.4) is 0 Å². The number of hydrogen-bond donors (Lipinski definition) is 2. The number of sulfonamides is 1. The van der Waals surface area contributed by atoms with Gasteiger partial charge in [-0.15, -0.1) is 0 Å². The average molecular weight is 500 g/mol. The van der Waals surface area contributed by atoms with Crippen molar-refractivity contribution in [1.82, 2.24) is 10.0 Å². The highest BCUT2D eigenvalue weighted by Crippen LogP contribution is 2.19. The van der Waals surface area contributed by atoms with Crippen LogP contribution in [0.1, 0.15) is 5.56 Å². The van der Waals surface area contributed by atoms with Crippen molar-refractivity contribution in [2.45, 2.75) is 17.4 Å². The smallest absolute Gasteiger partial charge is 0.249 e. The molecule has 10 heteroatoms. The normalized spacial score (nSPS) is 12.0. The third-order valence-corrected chi connectivity index (χ3v) is 6.69. The molecule has 3 rings (SSSR count). The molecule has 0 aliphatic heterocycles. The minimum atomic E-state index is -4.26. The zero-order valence-corrected chi connectivity index (χ0v) is 20.1. The lowest BCUT2D eigenvalue weighted by Crippen LogP contribution is -2.51. The molecule has 2 N–H and O–H groups in total. The Morgan fingerprint density at radius 3 is 2.23 bits per heavy atom. The molecule has 0 fully saturated rings. The molecule has 1 unspecified atom stereocenters. The molecule has 0 aliphatic carbocycles. The molecule has 0 aromatic heterocycles. The summed E-state index contributed by atoms with van der Waals surface area (Å²) in [6, 6.07) is 19.8. The Balaban J connectivity index is 1.74. The van der Waals surface area contributed by atoms with E-state index in [1.807, 2.05) is 30.3 Å². The topological polar surface area (TPSA) is 105 Å². The Labute approximate surface area is 203 Å². The molecule has 0 radical (unpaired) electrons. The van der Waals surface area contributed by atoms with Crippen molar-refractivity contribution in [2.24, 2.45) is 0 Å². The highest BCUT2D eigenvalue weighted by Gasteiger charge is 2.26. The average Bonchev–Trinajstić information content (AvgIpc) is 2.87. The number of amides is 2. The van der Waals surface area contributed by atoms with E-state index < -0.39 is 45.1 Å². The van der Waals surface area contributed by atoms with Gasteiger partial charge in [0, 0.05) is 19.2 Å². The maximum absolute atomic E-state index is 13.9. The number of hydrogen-bond acceptors (Lipinski definition) is 5. The fraction of sp³-hybridized carbons (Fsp3) is 0.200. The van der Waals surface area contributed by atoms with Gasteiger partial charge in [-0.25, -0.2) is 17.5 Å². The van der Waals surface area contributed by atoms with Gasteiger partial charge in [0.25, 0.3) is 0 Å². The number of nitrogens with one attached hydrogen (secondary N) is 2. The molecule has 35 heavy (non-hydrogen) atoms. The molecular weight excluding hydrogens is 473 g/mol. The standard InChI is InChI=1S/C25H26FN3O5S/c1-29(19-12-14-20(34-2)15-13-19)25(31)22(16-18-8-4-3-5-9-18)28-24(30)17-27-35(32,33)23-11-7-6-10-21(23)26/h3-15,22,27H,16-17H2,1-2H3,(H,28,30). The van der Waals surface area contributed by atoms with Gasteiger partial charge in [0.15, 0.2) is 0 Å². The van der Waals surface area contributed by atoms with E-state index >= 15 is 0 Å². The lowest BCUT2D eigenvalue weighted by atomic mass is 10.0. The van der Waals surface area contributed by atoms with Crippen LogP contribution in [-0.4, -0.2) is 47.0 Å². The minimum Gasteiger partial charge on any atom is -0.497 e. The Morgan fingerprint density at radius 2 is 1.60 bits per heavy atom. The Hall–Kier alpha value is -3.76. The second kappa shape index (κ2) is 11.6. The molecule has 3 aromatic rings. The predicted octanol–water partition coefficient (Wildman–Crippen LogP) is 2.50. The summed E-state index contributed by atoms with van der Waals surface area (Å²) in [6.07, 6.45) is 0.186. The fourth-order valence-corrected chi connectivity index (χ4v) is 4.42. The minimum absolute atomic E-state index is 0.186. The van der Waals surface area contributed by atoms with Crippen molar-refractivity contribution in [2.75, 3.05) is 25.6 Å². The molecule has 0 bridgehead atoms. The van der Waals surface area contributed by atoms with Crippen molar-refractivity contribution in [3.05, 3.63) is 90.2 Å². The summed E-state index contributed by atoms with van der Waals surface area (Å²) in [5.74, 6) is -1.43. The van der Waals surface area contributed by atoms with Gasteiger partial charge in [-0.1, -0.05) is 42.5 Å². The van der Waals surface area contributed by atoms with Crippen LogP contribution in [0, 0.1) is 5.82 Å². The Morgan fingerprint density at radius 1 is 0.971 bits per heavy atom. The Kier molecular flexibility index (Phi) is 8.56. The lowest BCUT2D eigenvalue weighted by Gasteiger charge is -2.25. The first-order chi connectivity index (χ1) is 16.7. The van der Waals surface area contributed by atoms with Gasteiger partial charge in [-0.05, 0) is 42.0 Å². The van der Waals surface area contributed by atoms with E-state index in [-0.39, 0.29) is 6.42 Å². The first-order valence-corrected chi connectivity index (χ1v) is 12.2. The number of carbonyl (C=O) groups is 2. The molecule has 1 atom stereocenters. The predicted molar refractivity (Wildman–Crippen MR) is 130 cm³/mol. The van der Waals surface area contributed by atoms with Gasteiger partial charge >= 0.3 is 0 Å². The number of methoxy groups -OCH3 is 1. The SMILES string of the molecule is COc1ccc(N(C)C(=O)C(Cc2ccccc2)NC(=O)CNS(=O)(=O)c2ccccc2F)cc1. The zero-order valence-electron chi connectivity index (χ0n) is 19.3. The quantitative estimate of drug-likeness (QED) is 0.446. The van der Waals surface area contributed by atoms with Crippen molar-refractivity contribution in [3.63, 3.8) is 0 Å². The van der Waals surface area contributed by atoms with Gasteiger partial charge < -0.3 is 15.0 Å². The number of anilines is 1. The van der Waals surface area contributed by atoms with E-state index in [0.29, 0.717) is 11.4 Å². The number of rotatable bonds is 10. The zero-order chi connectivity index (χ0) is 25.4. The van der Waals surface area contributed by atoms with Crippen LogP contribution < -0.4 is 19.7 Å². The van der Waals surface area contributed by atoms with E-state index in [1.165, 1.54) is 24.1 Å². The lowest BCUT2D eigenvalue weighted by molar-refractivity contribution is -0.126. The molecule has 0 saturated carbocycles. The van der Waals surface area contributed by atoms with Crippen LogP contribution in [0.2, 0.25) is 0 Å². The summed E-state index contributed by atoms with van der Waals surface area (Å²) in [5, 5.41) is 2.60. The molecule has 2 amide bonds. The van der Waals surface area contributed by atoms with E-state index in [0.717, 1.165) is 17.7 Å². The van der Waals surface area contributed by atoms with Gasteiger partial charge in [-0.3, -0.25) is 9.59 Å². The largest absolute Gasteiger partial charge is 0.497 e. The van der Waals surface area contributed by atoms with Crippen LogP contribution in [0.25, 0.3) is 0 Å². The van der Waals surface area contributed by atoms with Gasteiger partial charge in [0.1, 0.15) is 22.5 Å². The summed E-state index contributed by atoms with van der Waals surface area (Å²) in [6.45, 7) is -0.665. The summed E-state index contributed by atoms with van der Waals surface area (Å²) in [7, 11) is -1.14. The summed E-state index contributed by atoms with van der Waals surface area (Å²) in [5.41, 5.74) is 1.39. The number of benzene rings is 3. The van der Waals surface area contributed by atoms with Crippen LogP contribution in [0.15, 0.2) is 83.8 Å². The Bertz CT molecular complexity index is 1270. The maximum Gasteiger partial charge on any atom is 0.249 e. The summed E-state index contributed by atoms with van der Waals surface area (Å²) < 4.78 is 45.9. The van der Waals surface area contributed by atoms with Crippen LogP contribution in [-0.2, 0) is 26.0 Å². The maximum atomic E-state index is 13.9. The molecule has 0 heterocycles. The molecule has 8 nitrogen and oxygen atoms in total. The molecule has 0 spiro atoms. The highest BCUT2D eigenvalue weighted by atomic mass is 32.2. The van der Waals surface area contributed by atoms with Crippen LogP contribution >= 0.6 is 0 Å². The van der Waals surface area contributed by atoms with Crippen molar-refractivity contribution in [3.8, 4) is 5.75 Å². The second-order valence-electron chi connectivity index (χ2n) is 7.66. The van der Waals surface area contributed by atoms with E-state index in [9.17, 15) is 22.4 Å². The van der Waals surface area contributed by atoms with Crippen LogP contribution in [0.4, 0.5) is 10.1 Å². The van der Waals surface area contributed by atoms with Crippen LogP contribution in [0.5, 0.6) is 5.75 Å². The first-order valence-electron chi connectivity index (χ1n) is 10.7. The summed E-state index contributed by atoms with van der Waals surface area (Å²) in [4.78, 5) is 26.8. The number of carbonyl (C=O) groups excluding carboxylic acids is 2. The van der Waals surface area contributed by atoms with Gasteiger partial charge in [0.2, 0.25) is 21.8 Å². The molecule has 0 aliphatic rings. The van der Waals surface area contributed by atoms with E-state index in [4.69, 9.17) is 4.74 Å². The monoisotopic (exact) mass is 499 g/mol. The number of halogens is 1. The van der Waals surface area contributed by atoms with Gasteiger partial charge in [-0.2, -0.15) is 0 Å². The number of nitrogens with zero attached hydrogens (tertiary/aromatic N) is 1. The third-order valence-electron chi connectivity index (χ3n) is 5.26. The molecule has 0 saturated heterocycles. The molecule has 3 aromatic carbocycles. The molecular formula is C25H26FN3O5S. The molecule has 184 valence electrons. The van der Waals surface area contributed by atoms with Crippen molar-refractivity contribution in [1.29, 1.82) is 0 Å². The van der Waals surface area contributed by atoms with Crippen molar-refractivity contribution >= 4 is 27.5 Å². The first kappa shape index (κ1) is 25.9. The van der Waals surface area contributed by atoms with Gasteiger partial charge in [0.05, 0.1) is 13.7 Å². The second-order valence-corrected chi connectivity index (χ2v) is 9.40.